The Morgan fingerprint density at radius 2 is 1.83 bits per heavy atom. The van der Waals surface area contributed by atoms with E-state index in [-0.39, 0.29) is 18.9 Å². The molecule has 2 amide bonds. The minimum Gasteiger partial charge on any atom is -0.367 e. The summed E-state index contributed by atoms with van der Waals surface area (Å²) in [4.78, 5) is 25.9. The molecule has 2 fully saturated rings. The zero-order valence-corrected chi connectivity index (χ0v) is 13.1. The first kappa shape index (κ1) is 17.8. The molecule has 2 aliphatic rings. The Kier molecular flexibility index (Phi) is 5.03. The molecule has 0 aromatic rings. The van der Waals surface area contributed by atoms with Crippen LogP contribution in [0.15, 0.2) is 12.2 Å². The molecule has 2 heterocycles. The summed E-state index contributed by atoms with van der Waals surface area (Å²) in [6, 6.07) is -0.157. The first-order chi connectivity index (χ1) is 10.6. The van der Waals surface area contributed by atoms with Crippen molar-refractivity contribution in [1.29, 1.82) is 0 Å². The van der Waals surface area contributed by atoms with Gasteiger partial charge in [0.05, 0.1) is 13.1 Å². The van der Waals surface area contributed by atoms with Gasteiger partial charge in [-0.1, -0.05) is 6.08 Å². The molecule has 2 saturated heterocycles. The van der Waals surface area contributed by atoms with Gasteiger partial charge in [0.25, 0.3) is 11.8 Å². The molecule has 5 nitrogen and oxygen atoms in total. The number of nitrogens with two attached hydrogens (primary N) is 1. The van der Waals surface area contributed by atoms with Crippen molar-refractivity contribution in [2.45, 2.75) is 43.8 Å². The van der Waals surface area contributed by atoms with Crippen molar-refractivity contribution in [2.75, 3.05) is 26.2 Å². The third-order valence-electron chi connectivity index (χ3n) is 4.50. The molecule has 8 heteroatoms. The summed E-state index contributed by atoms with van der Waals surface area (Å²) in [5.41, 5.74) is 3.13. The second-order valence-corrected chi connectivity index (χ2v) is 6.37. The van der Waals surface area contributed by atoms with Crippen LogP contribution in [-0.2, 0) is 9.59 Å². The smallest absolute Gasteiger partial charge is 0.282 e. The van der Waals surface area contributed by atoms with E-state index in [1.807, 2.05) is 11.8 Å². The second-order valence-electron chi connectivity index (χ2n) is 6.37. The maximum absolute atomic E-state index is 14.3. The fourth-order valence-electron chi connectivity index (χ4n) is 2.89. The molecule has 0 bridgehead atoms. The number of amides is 2. The minimum absolute atomic E-state index is 0.0206. The minimum atomic E-state index is -2.78. The summed E-state index contributed by atoms with van der Waals surface area (Å²) >= 11 is 0. The van der Waals surface area contributed by atoms with Crippen molar-refractivity contribution in [3.05, 3.63) is 12.2 Å². The van der Waals surface area contributed by atoms with Crippen molar-refractivity contribution in [3.8, 4) is 0 Å². The van der Waals surface area contributed by atoms with Crippen LogP contribution < -0.4 is 5.73 Å². The summed E-state index contributed by atoms with van der Waals surface area (Å²) in [6.07, 6.45) is 3.50. The Bertz CT molecular complexity index is 504. The number of hydrogen-bond donors (Lipinski definition) is 1. The van der Waals surface area contributed by atoms with E-state index in [1.165, 1.54) is 6.08 Å². The summed E-state index contributed by atoms with van der Waals surface area (Å²) in [5.74, 6) is -4.16. The maximum Gasteiger partial charge on any atom is 0.282 e. The van der Waals surface area contributed by atoms with Crippen LogP contribution >= 0.6 is 0 Å². The van der Waals surface area contributed by atoms with Gasteiger partial charge in [-0.15, -0.1) is 0 Å². The van der Waals surface area contributed by atoms with Gasteiger partial charge >= 0.3 is 0 Å². The van der Waals surface area contributed by atoms with E-state index in [1.54, 1.807) is 6.08 Å². The van der Waals surface area contributed by atoms with Crippen LogP contribution in [0.1, 0.15) is 26.2 Å². The van der Waals surface area contributed by atoms with Crippen LogP contribution in [0.3, 0.4) is 0 Å². The van der Waals surface area contributed by atoms with E-state index in [4.69, 9.17) is 5.73 Å². The first-order valence-electron chi connectivity index (χ1n) is 7.71. The van der Waals surface area contributed by atoms with Crippen molar-refractivity contribution in [3.63, 3.8) is 0 Å². The van der Waals surface area contributed by atoms with Crippen molar-refractivity contribution >= 4 is 11.8 Å². The van der Waals surface area contributed by atoms with Crippen LogP contribution in [0.5, 0.6) is 0 Å². The SMILES string of the molecule is C[C@H](/C=C/C(=O)N1CC(F)(F)C1)N1CCCC(F)(C(N)=O)CC1. The number of likely N-dealkylation sites (tertiary alicyclic amines) is 2. The lowest BCUT2D eigenvalue weighted by atomic mass is 9.96. The number of carbonyl (C=O) groups excluding carboxylic acids is 2. The van der Waals surface area contributed by atoms with E-state index in [2.05, 4.69) is 0 Å². The molecule has 130 valence electrons. The molecule has 0 aliphatic carbocycles. The number of hydrogen-bond acceptors (Lipinski definition) is 3. The molecule has 2 atom stereocenters. The summed E-state index contributed by atoms with van der Waals surface area (Å²) in [6.45, 7) is 1.68. The van der Waals surface area contributed by atoms with Gasteiger partial charge in [-0.2, -0.15) is 0 Å². The van der Waals surface area contributed by atoms with E-state index >= 15 is 0 Å². The fourth-order valence-corrected chi connectivity index (χ4v) is 2.89. The molecule has 0 radical (unpaired) electrons. The van der Waals surface area contributed by atoms with Crippen molar-refractivity contribution < 1.29 is 22.8 Å². The Hall–Kier alpha value is -1.57. The van der Waals surface area contributed by atoms with Gasteiger partial charge in [-0.25, -0.2) is 13.2 Å². The van der Waals surface area contributed by atoms with Crippen LogP contribution in [-0.4, -0.2) is 65.4 Å². The predicted molar refractivity (Wildman–Crippen MR) is 78.6 cm³/mol. The Morgan fingerprint density at radius 3 is 2.39 bits per heavy atom. The van der Waals surface area contributed by atoms with E-state index < -0.39 is 36.5 Å². The largest absolute Gasteiger partial charge is 0.367 e. The van der Waals surface area contributed by atoms with Gasteiger partial charge in [0.15, 0.2) is 5.67 Å². The molecule has 23 heavy (non-hydrogen) atoms. The molecular formula is C15H22F3N3O2. The summed E-state index contributed by atoms with van der Waals surface area (Å²) in [7, 11) is 0. The van der Waals surface area contributed by atoms with Gasteiger partial charge in [0.2, 0.25) is 5.91 Å². The van der Waals surface area contributed by atoms with Gasteiger partial charge < -0.3 is 10.6 Å². The molecule has 2 rings (SSSR count). The van der Waals surface area contributed by atoms with Crippen LogP contribution in [0.4, 0.5) is 13.2 Å². The number of carbonyl (C=O) groups is 2. The van der Waals surface area contributed by atoms with Crippen molar-refractivity contribution in [1.82, 2.24) is 9.80 Å². The molecule has 0 aromatic heterocycles. The zero-order valence-electron chi connectivity index (χ0n) is 13.1. The van der Waals surface area contributed by atoms with Crippen LogP contribution in [0.2, 0.25) is 0 Å². The van der Waals surface area contributed by atoms with Gasteiger partial charge in [-0.3, -0.25) is 14.5 Å². The fraction of sp³-hybridized carbons (Fsp3) is 0.733. The lowest BCUT2D eigenvalue weighted by molar-refractivity contribution is -0.160. The number of nitrogens with zero attached hydrogens (tertiary/aromatic N) is 2. The van der Waals surface area contributed by atoms with Crippen LogP contribution in [0, 0.1) is 0 Å². The molecule has 0 spiro atoms. The number of rotatable bonds is 4. The topological polar surface area (TPSA) is 66.6 Å². The highest BCUT2D eigenvalue weighted by atomic mass is 19.3. The standard InChI is InChI=1S/C15H22F3N3O2/c1-11(3-4-12(22)21-9-15(17,18)10-21)20-7-2-5-14(16,6-8-20)13(19)23/h3-4,11H,2,5-10H2,1H3,(H2,19,23)/b4-3+/t11-,14?/m1/s1. The third-order valence-corrected chi connectivity index (χ3v) is 4.50. The normalized spacial score (nSPS) is 29.8. The molecule has 2 aliphatic heterocycles. The Morgan fingerprint density at radius 1 is 1.17 bits per heavy atom. The number of primary amides is 1. The monoisotopic (exact) mass is 333 g/mol. The molecule has 2 N–H and O–H groups in total. The maximum atomic E-state index is 14.3. The average molecular weight is 333 g/mol. The Balaban J connectivity index is 1.86. The predicted octanol–water partition coefficient (Wildman–Crippen LogP) is 1.09. The molecule has 1 unspecified atom stereocenters. The Labute approximate surface area is 133 Å². The zero-order chi connectivity index (χ0) is 17.3. The van der Waals surface area contributed by atoms with Crippen LogP contribution in [0.25, 0.3) is 0 Å². The lowest BCUT2D eigenvalue weighted by Gasteiger charge is -2.38. The molecular weight excluding hydrogens is 311 g/mol. The summed E-state index contributed by atoms with van der Waals surface area (Å²) < 4.78 is 39.7. The molecule has 0 aromatic carbocycles. The highest BCUT2D eigenvalue weighted by Gasteiger charge is 2.45. The number of halogens is 3. The van der Waals surface area contributed by atoms with Crippen molar-refractivity contribution in [2.24, 2.45) is 5.73 Å². The third kappa shape index (κ3) is 4.25. The average Bonchev–Trinajstić information content (AvgIpc) is 2.65. The lowest BCUT2D eigenvalue weighted by Crippen LogP contribution is -2.58. The summed E-state index contributed by atoms with van der Waals surface area (Å²) in [5, 5.41) is 0. The van der Waals surface area contributed by atoms with E-state index in [0.717, 1.165) is 4.90 Å². The van der Waals surface area contributed by atoms with Gasteiger partial charge in [-0.05, 0) is 26.3 Å². The quantitative estimate of drug-likeness (QED) is 0.783. The van der Waals surface area contributed by atoms with E-state index in [0.29, 0.717) is 19.5 Å². The number of alkyl halides is 3. The first-order valence-corrected chi connectivity index (χ1v) is 7.71. The van der Waals surface area contributed by atoms with Gasteiger partial charge in [0.1, 0.15) is 0 Å². The molecule has 0 saturated carbocycles. The van der Waals surface area contributed by atoms with E-state index in [9.17, 15) is 22.8 Å². The second kappa shape index (κ2) is 6.51. The van der Waals surface area contributed by atoms with Gasteiger partial charge in [0, 0.05) is 25.1 Å². The highest BCUT2D eigenvalue weighted by Crippen LogP contribution is 2.28. The highest BCUT2D eigenvalue weighted by molar-refractivity contribution is 5.88.